The zero-order chi connectivity index (χ0) is 30.3. The van der Waals surface area contributed by atoms with Gasteiger partial charge >= 0.3 is 17.9 Å². The van der Waals surface area contributed by atoms with Crippen LogP contribution in [0.3, 0.4) is 0 Å². The van der Waals surface area contributed by atoms with E-state index in [9.17, 15) is 39.9 Å². The molecule has 1 aromatic carbocycles. The molecule has 3 heterocycles. The second-order valence-electron chi connectivity index (χ2n) is 10.3. The molecular formula is C28H30O14. The number of phenols is 1. The number of rotatable bonds is 7. The predicted molar refractivity (Wildman–Crippen MR) is 135 cm³/mol. The van der Waals surface area contributed by atoms with E-state index < -0.39 is 85.1 Å². The van der Waals surface area contributed by atoms with Gasteiger partial charge in [0.15, 0.2) is 11.9 Å². The molecule has 1 aliphatic carbocycles. The summed E-state index contributed by atoms with van der Waals surface area (Å²) in [6.45, 7) is 0.694. The highest BCUT2D eigenvalue weighted by Gasteiger charge is 2.60. The molecule has 1 fully saturated rings. The number of aliphatic hydroxyl groups is 4. The van der Waals surface area contributed by atoms with Crippen molar-refractivity contribution in [1.29, 1.82) is 0 Å². The normalized spacial score (nSPS) is 35.9. The Balaban J connectivity index is 1.46. The minimum absolute atomic E-state index is 0.0340. The van der Waals surface area contributed by atoms with Crippen LogP contribution in [0.25, 0.3) is 0 Å². The zero-order valence-electron chi connectivity index (χ0n) is 22.4. The van der Waals surface area contributed by atoms with Crippen LogP contribution in [0.15, 0.2) is 59.9 Å². The Morgan fingerprint density at radius 2 is 1.79 bits per heavy atom. The maximum atomic E-state index is 13.1. The standard InChI is InChI=1S/C28H30O14/c1-12(29)38-11-18-21(32)22(33)23(34)27(40-18)41-26-19-15(17(10-39-26)24(35)37-2)7-8-28(19)9-16(25(36)42-28)20(31)13-3-5-14(30)6-4-13/h3-10,15,18-23,26-27,30-34H,11H2,1-2H3/t15-,18-,19-,20?,21-,22+,23-,26-,27+,28-/m1/s1. The lowest BCUT2D eigenvalue weighted by molar-refractivity contribution is -0.344. The summed E-state index contributed by atoms with van der Waals surface area (Å²) in [7, 11) is 1.18. The number of aliphatic hydroxyl groups excluding tert-OH is 4. The maximum absolute atomic E-state index is 13.1. The molecule has 14 heteroatoms. The number of carbonyl (C=O) groups is 3. The number of aromatic hydroxyl groups is 1. The van der Waals surface area contributed by atoms with E-state index in [1.807, 2.05) is 0 Å². The fourth-order valence-electron chi connectivity index (χ4n) is 5.49. The number of esters is 3. The van der Waals surface area contributed by atoms with Crippen LogP contribution in [0, 0.1) is 11.8 Å². The van der Waals surface area contributed by atoms with Gasteiger partial charge in [-0.3, -0.25) is 4.79 Å². The highest BCUT2D eigenvalue weighted by Crippen LogP contribution is 2.51. The Bertz CT molecular complexity index is 1320. The second kappa shape index (κ2) is 11.5. The third-order valence-electron chi connectivity index (χ3n) is 7.65. The summed E-state index contributed by atoms with van der Waals surface area (Å²) in [5, 5.41) is 51.9. The summed E-state index contributed by atoms with van der Waals surface area (Å²) < 4.78 is 32.8. The fourth-order valence-corrected chi connectivity index (χ4v) is 5.49. The van der Waals surface area contributed by atoms with Gasteiger partial charge < -0.3 is 54.0 Å². The van der Waals surface area contributed by atoms with E-state index in [-0.39, 0.29) is 16.9 Å². The lowest BCUT2D eigenvalue weighted by atomic mass is 9.78. The Hall–Kier alpha value is -3.79. The van der Waals surface area contributed by atoms with E-state index in [1.54, 1.807) is 6.08 Å². The summed E-state index contributed by atoms with van der Waals surface area (Å²) >= 11 is 0. The van der Waals surface area contributed by atoms with Crippen LogP contribution in [0.2, 0.25) is 0 Å². The first-order valence-corrected chi connectivity index (χ1v) is 13.0. The Morgan fingerprint density at radius 1 is 1.07 bits per heavy atom. The number of methoxy groups -OCH3 is 1. The quantitative estimate of drug-likeness (QED) is 0.150. The van der Waals surface area contributed by atoms with E-state index in [2.05, 4.69) is 0 Å². The molecular weight excluding hydrogens is 560 g/mol. The van der Waals surface area contributed by atoms with Gasteiger partial charge in [0.2, 0.25) is 6.29 Å². The van der Waals surface area contributed by atoms with Crippen LogP contribution in [0.4, 0.5) is 0 Å². The third kappa shape index (κ3) is 5.28. The highest BCUT2D eigenvalue weighted by atomic mass is 16.8. The topological polar surface area (TPSA) is 208 Å². The van der Waals surface area contributed by atoms with Gasteiger partial charge in [0.25, 0.3) is 0 Å². The summed E-state index contributed by atoms with van der Waals surface area (Å²) in [5.74, 6) is -4.09. The number of benzene rings is 1. The van der Waals surface area contributed by atoms with Crippen LogP contribution in [-0.4, -0.2) is 99.8 Å². The molecule has 1 saturated heterocycles. The molecule has 14 nitrogen and oxygen atoms in total. The van der Waals surface area contributed by atoms with Crippen molar-refractivity contribution >= 4 is 17.9 Å². The van der Waals surface area contributed by atoms with Crippen LogP contribution >= 0.6 is 0 Å². The molecule has 0 amide bonds. The molecule has 10 atom stereocenters. The molecule has 5 rings (SSSR count). The largest absolute Gasteiger partial charge is 0.508 e. The molecule has 1 aromatic rings. The molecule has 4 aliphatic rings. The van der Waals surface area contributed by atoms with Crippen LogP contribution < -0.4 is 0 Å². The Labute approximate surface area is 239 Å². The van der Waals surface area contributed by atoms with Crippen molar-refractivity contribution in [2.75, 3.05) is 13.7 Å². The number of hydrogen-bond donors (Lipinski definition) is 5. The van der Waals surface area contributed by atoms with Crippen LogP contribution in [0.1, 0.15) is 18.6 Å². The monoisotopic (exact) mass is 590 g/mol. The van der Waals surface area contributed by atoms with Gasteiger partial charge in [-0.1, -0.05) is 18.2 Å². The van der Waals surface area contributed by atoms with E-state index in [1.165, 1.54) is 43.5 Å². The van der Waals surface area contributed by atoms with Gasteiger partial charge in [0.1, 0.15) is 42.9 Å². The van der Waals surface area contributed by atoms with E-state index in [0.717, 1.165) is 13.2 Å². The Morgan fingerprint density at radius 3 is 2.45 bits per heavy atom. The first-order chi connectivity index (χ1) is 20.0. The first kappa shape index (κ1) is 29.7. The van der Waals surface area contributed by atoms with E-state index in [0.29, 0.717) is 5.56 Å². The number of hydrogen-bond acceptors (Lipinski definition) is 14. The van der Waals surface area contributed by atoms with Gasteiger partial charge in [0.05, 0.1) is 30.4 Å². The van der Waals surface area contributed by atoms with Crippen LogP contribution in [0.5, 0.6) is 5.75 Å². The lowest BCUT2D eigenvalue weighted by Crippen LogP contribution is -2.61. The molecule has 226 valence electrons. The van der Waals surface area contributed by atoms with Crippen molar-refractivity contribution in [2.24, 2.45) is 11.8 Å². The summed E-state index contributed by atoms with van der Waals surface area (Å²) in [6.07, 6.45) is -5.27. The minimum atomic E-state index is -1.78. The number of carbonyl (C=O) groups excluding carboxylic acids is 3. The number of fused-ring (bicyclic) bond motifs is 2. The minimum Gasteiger partial charge on any atom is -0.508 e. The molecule has 0 radical (unpaired) electrons. The van der Waals surface area contributed by atoms with Crippen molar-refractivity contribution in [3.8, 4) is 5.75 Å². The predicted octanol–water partition coefficient (Wildman–Crippen LogP) is -0.750. The van der Waals surface area contributed by atoms with Crippen molar-refractivity contribution in [1.82, 2.24) is 0 Å². The van der Waals surface area contributed by atoms with Crippen molar-refractivity contribution < 1.29 is 68.3 Å². The average Bonchev–Trinajstić information content (AvgIpc) is 3.51. The average molecular weight is 591 g/mol. The molecule has 0 aromatic heterocycles. The maximum Gasteiger partial charge on any atom is 0.338 e. The first-order valence-electron chi connectivity index (χ1n) is 13.0. The Kier molecular flexibility index (Phi) is 8.11. The lowest BCUT2D eigenvalue weighted by Gasteiger charge is -2.44. The number of allylic oxidation sites excluding steroid dienone is 1. The second-order valence-corrected chi connectivity index (χ2v) is 10.3. The third-order valence-corrected chi connectivity index (χ3v) is 7.65. The van der Waals surface area contributed by atoms with Crippen molar-refractivity contribution in [3.63, 3.8) is 0 Å². The smallest absolute Gasteiger partial charge is 0.338 e. The SMILES string of the molecule is COC(=O)C1=CO[C@H](O[C@@H]2O[C@H](COC(C)=O)[C@@H](O)[C@H](O)[C@H]2O)[C@H]2[C@@H]1C=C[C@@]21C=C(C(O)c2ccc(O)cc2)C(=O)O1. The van der Waals surface area contributed by atoms with Crippen molar-refractivity contribution in [2.45, 2.75) is 55.6 Å². The van der Waals surface area contributed by atoms with Crippen molar-refractivity contribution in [3.05, 3.63) is 65.5 Å². The molecule has 42 heavy (non-hydrogen) atoms. The number of phenolic OH excluding ortho intramolecular Hbond substituents is 1. The highest BCUT2D eigenvalue weighted by molar-refractivity contribution is 5.94. The summed E-state index contributed by atoms with van der Waals surface area (Å²) in [4.78, 5) is 36.9. The van der Waals surface area contributed by atoms with Gasteiger partial charge in [-0.15, -0.1) is 0 Å². The molecule has 5 N–H and O–H groups in total. The van der Waals surface area contributed by atoms with Gasteiger partial charge in [-0.05, 0) is 29.8 Å². The van der Waals surface area contributed by atoms with E-state index in [4.69, 9.17) is 28.4 Å². The molecule has 0 bridgehead atoms. The molecule has 1 unspecified atom stereocenters. The van der Waals surface area contributed by atoms with Crippen LogP contribution in [-0.2, 0) is 42.8 Å². The molecule has 3 aliphatic heterocycles. The van der Waals surface area contributed by atoms with Gasteiger partial charge in [-0.25, -0.2) is 9.59 Å². The van der Waals surface area contributed by atoms with Gasteiger partial charge in [-0.2, -0.15) is 0 Å². The fraction of sp³-hybridized carbons (Fsp3) is 0.464. The number of ether oxygens (including phenoxy) is 6. The van der Waals surface area contributed by atoms with E-state index >= 15 is 0 Å². The summed E-state index contributed by atoms with van der Waals surface area (Å²) in [5.41, 5.74) is -1.34. The summed E-state index contributed by atoms with van der Waals surface area (Å²) in [6, 6.07) is 5.58. The molecule has 0 saturated carbocycles. The van der Waals surface area contributed by atoms with Gasteiger partial charge in [0, 0.05) is 12.8 Å². The molecule has 1 spiro atoms. The zero-order valence-corrected chi connectivity index (χ0v) is 22.4.